The number of ether oxygens (including phenoxy) is 4. The van der Waals surface area contributed by atoms with Crippen LogP contribution in [-0.2, 0) is 31.6 Å². The third-order valence-corrected chi connectivity index (χ3v) is 8.69. The summed E-state index contributed by atoms with van der Waals surface area (Å²) in [5.41, 5.74) is 2.75. The Morgan fingerprint density at radius 3 is 2.41 bits per heavy atom. The lowest BCUT2D eigenvalue weighted by Gasteiger charge is -2.13. The number of benzene rings is 2. The second-order valence-corrected chi connectivity index (χ2v) is 12.2. The van der Waals surface area contributed by atoms with Gasteiger partial charge in [-0.25, -0.2) is 14.5 Å². The van der Waals surface area contributed by atoms with Gasteiger partial charge in [0.15, 0.2) is 17.3 Å². The summed E-state index contributed by atoms with van der Waals surface area (Å²) >= 11 is 0. The molecule has 0 amide bonds. The van der Waals surface area contributed by atoms with Crippen LogP contribution in [0, 0.1) is 6.92 Å². The number of methoxy groups -OCH3 is 1. The molecule has 0 radical (unpaired) electrons. The van der Waals surface area contributed by atoms with E-state index in [2.05, 4.69) is 10.1 Å². The molecular formula is C35H38N3O10P. The van der Waals surface area contributed by atoms with Crippen molar-refractivity contribution in [2.45, 2.75) is 40.9 Å². The van der Waals surface area contributed by atoms with Gasteiger partial charge in [-0.05, 0) is 75.7 Å². The van der Waals surface area contributed by atoms with Gasteiger partial charge in [-0.1, -0.05) is 24.3 Å². The zero-order chi connectivity index (χ0) is 34.8. The quantitative estimate of drug-likeness (QED) is 0.0687. The van der Waals surface area contributed by atoms with E-state index in [1.165, 1.54) is 11.9 Å². The van der Waals surface area contributed by atoms with Crippen LogP contribution >= 0.6 is 7.60 Å². The number of hydrogen-bond donors (Lipinski definition) is 0. The molecule has 0 spiro atoms. The Morgan fingerprint density at radius 1 is 0.918 bits per heavy atom. The van der Waals surface area contributed by atoms with Gasteiger partial charge < -0.3 is 36.8 Å². The van der Waals surface area contributed by atoms with Crippen LogP contribution in [0.25, 0.3) is 23.4 Å². The second kappa shape index (κ2) is 16.3. The van der Waals surface area contributed by atoms with Crippen LogP contribution in [0.3, 0.4) is 0 Å². The van der Waals surface area contributed by atoms with Crippen LogP contribution in [0.5, 0.6) is 17.4 Å². The van der Waals surface area contributed by atoms with Crippen molar-refractivity contribution in [2.24, 2.45) is 0 Å². The molecule has 49 heavy (non-hydrogen) atoms. The third kappa shape index (κ3) is 8.88. The largest absolute Gasteiger partial charge is 0.493 e. The van der Waals surface area contributed by atoms with E-state index in [4.69, 9.17) is 36.8 Å². The molecule has 5 aromatic rings. The summed E-state index contributed by atoms with van der Waals surface area (Å²) in [6.07, 6.45) is 3.41. The minimum atomic E-state index is -3.45. The van der Waals surface area contributed by atoms with E-state index in [-0.39, 0.29) is 44.7 Å². The second-order valence-electron chi connectivity index (χ2n) is 10.3. The standard InChI is InChI=1S/C35H38N3O10P/c1-6-42-35(39)31-17-16-30(48-31)34-36-28(24(4)47-34)23-43-29-15-14-25(20-32(29)41-5)22-44-33-26(18-19-49(40,45-7-2)46-8-3)21-38(37-33)27-12-10-9-11-13-27/h9-21H,6-8,22-23H2,1-5H3/b19-18+. The van der Waals surface area contributed by atoms with E-state index >= 15 is 0 Å². The molecule has 0 saturated heterocycles. The van der Waals surface area contributed by atoms with E-state index < -0.39 is 13.6 Å². The first-order valence-corrected chi connectivity index (χ1v) is 17.3. The smallest absolute Gasteiger partial charge is 0.374 e. The molecule has 0 saturated carbocycles. The predicted octanol–water partition coefficient (Wildman–Crippen LogP) is 8.01. The van der Waals surface area contributed by atoms with Crippen LogP contribution in [-0.4, -0.2) is 47.7 Å². The van der Waals surface area contributed by atoms with E-state index in [0.29, 0.717) is 40.2 Å². The van der Waals surface area contributed by atoms with Crippen molar-refractivity contribution < 1.29 is 46.2 Å². The molecular weight excluding hydrogens is 653 g/mol. The SMILES string of the molecule is CCOC(=O)c1ccc(-c2nc(COc3ccc(COc4nn(-c5ccccc5)cc4/C=C/P(=O)(OCC)OCC)cc3OC)c(C)o2)o1. The number of oxazole rings is 1. The lowest BCUT2D eigenvalue weighted by atomic mass is 10.2. The highest BCUT2D eigenvalue weighted by molar-refractivity contribution is 7.57. The van der Waals surface area contributed by atoms with Crippen molar-refractivity contribution in [3.63, 3.8) is 0 Å². The monoisotopic (exact) mass is 691 g/mol. The van der Waals surface area contributed by atoms with Crippen LogP contribution in [0.4, 0.5) is 0 Å². The topological polar surface area (TPSA) is 147 Å². The molecule has 0 atom stereocenters. The number of hydrogen-bond acceptors (Lipinski definition) is 12. The molecule has 5 rings (SSSR count). The third-order valence-electron chi connectivity index (χ3n) is 6.94. The number of nitrogens with zero attached hydrogens (tertiary/aromatic N) is 3. The number of aromatic nitrogens is 3. The van der Waals surface area contributed by atoms with Gasteiger partial charge in [0.1, 0.15) is 24.7 Å². The van der Waals surface area contributed by atoms with Crippen LogP contribution in [0.1, 0.15) is 53.9 Å². The van der Waals surface area contributed by atoms with E-state index in [9.17, 15) is 9.36 Å². The number of aryl methyl sites for hydroxylation is 1. The Kier molecular flexibility index (Phi) is 11.7. The zero-order valence-corrected chi connectivity index (χ0v) is 28.8. The molecule has 3 aromatic heterocycles. The molecule has 14 heteroatoms. The van der Waals surface area contributed by atoms with Gasteiger partial charge in [0.2, 0.25) is 11.6 Å². The number of para-hydroxylation sites is 1. The molecule has 0 unspecified atom stereocenters. The van der Waals surface area contributed by atoms with Gasteiger partial charge >= 0.3 is 13.6 Å². The highest BCUT2D eigenvalue weighted by Crippen LogP contribution is 2.50. The molecule has 2 aromatic carbocycles. The number of rotatable bonds is 17. The minimum absolute atomic E-state index is 0.0607. The van der Waals surface area contributed by atoms with Crippen LogP contribution < -0.4 is 14.2 Å². The van der Waals surface area contributed by atoms with Crippen molar-refractivity contribution in [1.82, 2.24) is 14.8 Å². The summed E-state index contributed by atoms with van der Waals surface area (Å²) in [5.74, 6) is 3.25. The van der Waals surface area contributed by atoms with E-state index in [0.717, 1.165) is 11.3 Å². The first-order chi connectivity index (χ1) is 23.7. The summed E-state index contributed by atoms with van der Waals surface area (Å²) in [6.45, 7) is 7.94. The number of furan rings is 1. The molecule has 0 N–H and O–H groups in total. The maximum Gasteiger partial charge on any atom is 0.374 e. The minimum Gasteiger partial charge on any atom is -0.493 e. The van der Waals surface area contributed by atoms with Crippen molar-refractivity contribution in [2.75, 3.05) is 26.9 Å². The van der Waals surface area contributed by atoms with E-state index in [1.807, 2.05) is 36.4 Å². The van der Waals surface area contributed by atoms with Gasteiger partial charge in [0.25, 0.3) is 5.89 Å². The predicted molar refractivity (Wildman–Crippen MR) is 180 cm³/mol. The average molecular weight is 692 g/mol. The Bertz CT molecular complexity index is 1920. The molecule has 0 aliphatic carbocycles. The van der Waals surface area contributed by atoms with E-state index in [1.54, 1.807) is 70.0 Å². The normalized spacial score (nSPS) is 11.6. The maximum atomic E-state index is 13.1. The molecule has 0 aliphatic rings. The molecule has 0 fully saturated rings. The van der Waals surface area contributed by atoms with Gasteiger partial charge in [0.05, 0.1) is 38.2 Å². The summed E-state index contributed by atoms with van der Waals surface area (Å²) in [6, 6.07) is 18.1. The fraction of sp³-hybridized carbons (Fsp3) is 0.286. The Balaban J connectivity index is 1.29. The molecule has 3 heterocycles. The van der Waals surface area contributed by atoms with Gasteiger partial charge in [-0.3, -0.25) is 4.57 Å². The molecule has 0 aliphatic heterocycles. The lowest BCUT2D eigenvalue weighted by Crippen LogP contribution is -2.02. The number of carbonyl (C=O) groups excluding carboxylic acids is 1. The number of carbonyl (C=O) groups is 1. The summed E-state index contributed by atoms with van der Waals surface area (Å²) in [7, 11) is -1.90. The average Bonchev–Trinajstić information content (AvgIpc) is 3.85. The molecule has 13 nitrogen and oxygen atoms in total. The van der Waals surface area contributed by atoms with Crippen molar-refractivity contribution >= 4 is 19.6 Å². The first-order valence-electron chi connectivity index (χ1n) is 15.6. The fourth-order valence-electron chi connectivity index (χ4n) is 4.62. The highest BCUT2D eigenvalue weighted by atomic mass is 31.2. The van der Waals surface area contributed by atoms with Crippen LogP contribution in [0.2, 0.25) is 0 Å². The summed E-state index contributed by atoms with van der Waals surface area (Å²) in [5, 5.41) is 4.63. The van der Waals surface area contributed by atoms with Gasteiger partial charge in [-0.15, -0.1) is 5.10 Å². The molecule has 258 valence electrons. The first kappa shape index (κ1) is 35.2. The number of esters is 1. The maximum absolute atomic E-state index is 13.1. The van der Waals surface area contributed by atoms with Crippen LogP contribution in [0.15, 0.2) is 81.5 Å². The van der Waals surface area contributed by atoms with Gasteiger partial charge in [-0.2, -0.15) is 0 Å². The zero-order valence-electron chi connectivity index (χ0n) is 27.9. The Hall–Kier alpha value is -5.10. The Labute approximate surface area is 283 Å². The summed E-state index contributed by atoms with van der Waals surface area (Å²) < 4.78 is 59.7. The molecule has 0 bridgehead atoms. The summed E-state index contributed by atoms with van der Waals surface area (Å²) in [4.78, 5) is 16.4. The van der Waals surface area contributed by atoms with Crippen molar-refractivity contribution in [1.29, 1.82) is 0 Å². The van der Waals surface area contributed by atoms with Gasteiger partial charge in [0, 0.05) is 12.0 Å². The Morgan fingerprint density at radius 2 is 1.69 bits per heavy atom. The fourth-order valence-corrected chi connectivity index (χ4v) is 5.93. The lowest BCUT2D eigenvalue weighted by molar-refractivity contribution is 0.0491. The van der Waals surface area contributed by atoms with Crippen molar-refractivity contribution in [3.8, 4) is 34.7 Å². The highest BCUT2D eigenvalue weighted by Gasteiger charge is 2.21. The van der Waals surface area contributed by atoms with Crippen molar-refractivity contribution in [3.05, 3.63) is 101 Å².